The van der Waals surface area contributed by atoms with Gasteiger partial charge >= 0.3 is 5.97 Å². The van der Waals surface area contributed by atoms with Gasteiger partial charge in [0, 0.05) is 27.5 Å². The van der Waals surface area contributed by atoms with Crippen LogP contribution in [0.1, 0.15) is 17.9 Å². The number of carbonyl (C=O) groups is 1. The Kier molecular flexibility index (Phi) is 6.70. The van der Waals surface area contributed by atoms with Gasteiger partial charge < -0.3 is 4.74 Å². The Morgan fingerprint density at radius 3 is 2.47 bits per heavy atom. The van der Waals surface area contributed by atoms with Crippen molar-refractivity contribution in [3.63, 3.8) is 0 Å². The monoisotopic (exact) mass is 580 g/mol. The highest BCUT2D eigenvalue weighted by Crippen LogP contribution is 2.27. The molecule has 0 fully saturated rings. The summed E-state index contributed by atoms with van der Waals surface area (Å²) in [5, 5.41) is 5.38. The average Bonchev–Trinajstić information content (AvgIpc) is 3.29. The largest absolute Gasteiger partial charge is 0.447 e. The molecule has 0 bridgehead atoms. The second kappa shape index (κ2) is 9.93. The van der Waals surface area contributed by atoms with E-state index in [4.69, 9.17) is 21.3 Å². The van der Waals surface area contributed by atoms with E-state index in [9.17, 15) is 9.59 Å². The molecule has 7 nitrogen and oxygen atoms in total. The first kappa shape index (κ1) is 24.3. The number of hydrogen-bond donors (Lipinski definition) is 1. The average molecular weight is 582 g/mol. The summed E-state index contributed by atoms with van der Waals surface area (Å²) in [6, 6.07) is 21.8. The van der Waals surface area contributed by atoms with Crippen LogP contribution in [0.4, 0.5) is 0 Å². The highest BCUT2D eigenvalue weighted by Gasteiger charge is 2.19. The Balaban J connectivity index is 1.73. The van der Waals surface area contributed by atoms with Crippen molar-refractivity contribution in [3.05, 3.63) is 104 Å². The van der Waals surface area contributed by atoms with E-state index >= 15 is 0 Å². The van der Waals surface area contributed by atoms with E-state index in [0.717, 1.165) is 10.0 Å². The van der Waals surface area contributed by atoms with Crippen LogP contribution in [0.2, 0.25) is 5.02 Å². The molecule has 0 saturated heterocycles. The zero-order valence-electron chi connectivity index (χ0n) is 18.8. The number of hydrogen-bond acceptors (Lipinski definition) is 6. The fraction of sp³-hybridized carbons (Fsp3) is 0.0769. The fourth-order valence-electron chi connectivity index (χ4n) is 3.81. The Labute approximate surface area is 224 Å². The molecule has 5 rings (SSSR count). The number of aromatic nitrogens is 4. The topological polar surface area (TPSA) is 79.0 Å². The van der Waals surface area contributed by atoms with E-state index in [1.807, 2.05) is 30.3 Å². The van der Waals surface area contributed by atoms with Gasteiger partial charge in [0.15, 0.2) is 11.1 Å². The first-order valence-electron chi connectivity index (χ1n) is 10.8. The quantitative estimate of drug-likeness (QED) is 0.153. The van der Waals surface area contributed by atoms with Gasteiger partial charge in [0.2, 0.25) is 0 Å². The van der Waals surface area contributed by atoms with E-state index in [-0.39, 0.29) is 5.56 Å². The number of thiol groups is 1. The van der Waals surface area contributed by atoms with Gasteiger partial charge in [-0.3, -0.25) is 14.2 Å². The van der Waals surface area contributed by atoms with Gasteiger partial charge in [0.05, 0.1) is 17.6 Å². The SMILES string of the molecule is CC(=O)OC(S)c1cccc(-n2ncc3c(=O)n(-c4ccc(Cl)cc4)c(-c4ccc(Br)cc4)nc32)c1. The first-order valence-corrected chi connectivity index (χ1v) is 12.5. The van der Waals surface area contributed by atoms with Crippen LogP contribution in [0, 0.1) is 0 Å². The minimum atomic E-state index is -0.738. The summed E-state index contributed by atoms with van der Waals surface area (Å²) < 4.78 is 9.23. The molecular weight excluding hydrogens is 564 g/mol. The fourth-order valence-corrected chi connectivity index (χ4v) is 4.51. The molecule has 3 aromatic carbocycles. The molecule has 5 aromatic rings. The number of benzene rings is 3. The van der Waals surface area contributed by atoms with Crippen LogP contribution in [-0.4, -0.2) is 25.3 Å². The number of nitrogens with zero attached hydrogens (tertiary/aromatic N) is 4. The van der Waals surface area contributed by atoms with Gasteiger partial charge in [-0.1, -0.05) is 51.8 Å². The van der Waals surface area contributed by atoms with Gasteiger partial charge in [-0.15, -0.1) is 12.6 Å². The third-order valence-electron chi connectivity index (χ3n) is 5.47. The molecule has 1 atom stereocenters. The molecule has 1 unspecified atom stereocenters. The van der Waals surface area contributed by atoms with E-state index in [2.05, 4.69) is 33.7 Å². The Bertz CT molecular complexity index is 1650. The van der Waals surface area contributed by atoms with Crippen LogP contribution in [0.5, 0.6) is 0 Å². The van der Waals surface area contributed by atoms with Crippen molar-refractivity contribution in [2.24, 2.45) is 0 Å². The highest BCUT2D eigenvalue weighted by atomic mass is 79.9. The van der Waals surface area contributed by atoms with Gasteiger partial charge in [-0.05, 0) is 48.5 Å². The van der Waals surface area contributed by atoms with Crippen molar-refractivity contribution in [2.75, 3.05) is 0 Å². The zero-order chi connectivity index (χ0) is 25.4. The van der Waals surface area contributed by atoms with Gasteiger partial charge in [-0.2, -0.15) is 5.10 Å². The number of carbonyl (C=O) groups excluding carboxylic acids is 1. The van der Waals surface area contributed by atoms with Crippen molar-refractivity contribution in [1.29, 1.82) is 0 Å². The second-order valence-electron chi connectivity index (χ2n) is 7.91. The van der Waals surface area contributed by atoms with Crippen molar-refractivity contribution in [1.82, 2.24) is 19.3 Å². The van der Waals surface area contributed by atoms with Crippen LogP contribution in [0.15, 0.2) is 88.3 Å². The molecule has 10 heteroatoms. The normalized spacial score (nSPS) is 12.0. The van der Waals surface area contributed by atoms with E-state index < -0.39 is 11.4 Å². The molecule has 0 aliphatic carbocycles. The number of esters is 1. The van der Waals surface area contributed by atoms with E-state index in [0.29, 0.717) is 38.8 Å². The second-order valence-corrected chi connectivity index (χ2v) is 9.73. The number of fused-ring (bicyclic) bond motifs is 1. The van der Waals surface area contributed by atoms with Gasteiger partial charge in [0.25, 0.3) is 5.56 Å². The van der Waals surface area contributed by atoms with Gasteiger partial charge in [-0.25, -0.2) is 9.67 Å². The molecular formula is C26H18BrClN4O3S. The predicted octanol–water partition coefficient (Wildman–Crippen LogP) is 6.15. The summed E-state index contributed by atoms with van der Waals surface area (Å²) in [6.07, 6.45) is 1.50. The minimum absolute atomic E-state index is 0.269. The summed E-state index contributed by atoms with van der Waals surface area (Å²) in [5.74, 6) is 0.0145. The Hall–Kier alpha value is -3.40. The van der Waals surface area contributed by atoms with Crippen molar-refractivity contribution < 1.29 is 9.53 Å². The number of halogens is 2. The summed E-state index contributed by atoms with van der Waals surface area (Å²) in [7, 11) is 0. The summed E-state index contributed by atoms with van der Waals surface area (Å²) in [6.45, 7) is 1.33. The lowest BCUT2D eigenvalue weighted by Gasteiger charge is -2.15. The maximum atomic E-state index is 13.8. The van der Waals surface area contributed by atoms with E-state index in [1.54, 1.807) is 51.7 Å². The smallest absolute Gasteiger partial charge is 0.304 e. The molecule has 2 heterocycles. The molecule has 0 amide bonds. The molecule has 0 aliphatic rings. The Morgan fingerprint density at radius 1 is 1.06 bits per heavy atom. The van der Waals surface area contributed by atoms with Crippen molar-refractivity contribution in [3.8, 4) is 22.8 Å². The molecule has 0 radical (unpaired) electrons. The third kappa shape index (κ3) is 4.69. The summed E-state index contributed by atoms with van der Waals surface area (Å²) >= 11 is 13.9. The minimum Gasteiger partial charge on any atom is -0.447 e. The molecule has 36 heavy (non-hydrogen) atoms. The Morgan fingerprint density at radius 2 is 1.78 bits per heavy atom. The molecule has 0 saturated carbocycles. The first-order chi connectivity index (χ1) is 17.3. The van der Waals surface area contributed by atoms with Crippen LogP contribution >= 0.6 is 40.2 Å². The number of rotatable bonds is 5. The van der Waals surface area contributed by atoms with Gasteiger partial charge in [0.1, 0.15) is 11.2 Å². The zero-order valence-corrected chi connectivity index (χ0v) is 22.0. The predicted molar refractivity (Wildman–Crippen MR) is 146 cm³/mol. The maximum Gasteiger partial charge on any atom is 0.304 e. The van der Waals surface area contributed by atoms with Crippen LogP contribution in [0.25, 0.3) is 33.8 Å². The molecule has 2 aromatic heterocycles. The molecule has 0 aliphatic heterocycles. The lowest BCUT2D eigenvalue weighted by Crippen LogP contribution is -2.22. The molecule has 0 N–H and O–H groups in total. The molecule has 180 valence electrons. The maximum absolute atomic E-state index is 13.8. The summed E-state index contributed by atoms with van der Waals surface area (Å²) in [5.41, 5.74) is 2.07. The van der Waals surface area contributed by atoms with Crippen molar-refractivity contribution >= 4 is 57.2 Å². The van der Waals surface area contributed by atoms with Crippen LogP contribution < -0.4 is 5.56 Å². The molecule has 0 spiro atoms. The lowest BCUT2D eigenvalue weighted by molar-refractivity contribution is -0.142. The summed E-state index contributed by atoms with van der Waals surface area (Å²) in [4.78, 5) is 30.0. The third-order valence-corrected chi connectivity index (χ3v) is 6.65. The standard InChI is InChI=1S/C26H18BrClN4O3S/c1-15(33)35-26(36)17-3-2-4-21(13-17)32-24-22(14-29-32)25(34)31(20-11-9-19(28)10-12-20)23(30-24)16-5-7-18(27)8-6-16/h2-14,26,36H,1H3. The lowest BCUT2D eigenvalue weighted by atomic mass is 10.2. The van der Waals surface area contributed by atoms with Crippen molar-refractivity contribution in [2.45, 2.75) is 12.4 Å². The highest BCUT2D eigenvalue weighted by molar-refractivity contribution is 9.10. The number of ether oxygens (including phenoxy) is 1. The van der Waals surface area contributed by atoms with Crippen LogP contribution in [-0.2, 0) is 9.53 Å². The van der Waals surface area contributed by atoms with E-state index in [1.165, 1.54) is 13.1 Å². The van der Waals surface area contributed by atoms with Crippen LogP contribution in [0.3, 0.4) is 0 Å².